The number of rotatable bonds is 1. The van der Waals surface area contributed by atoms with Gasteiger partial charge in [0.25, 0.3) is 5.91 Å². The molecule has 0 spiro atoms. The Hall–Kier alpha value is -2.43. The Bertz CT molecular complexity index is 768. The molecule has 0 unspecified atom stereocenters. The van der Waals surface area contributed by atoms with Crippen molar-refractivity contribution >= 4 is 22.7 Å². The first-order valence-electron chi connectivity index (χ1n) is 7.38. The van der Waals surface area contributed by atoms with E-state index in [1.807, 2.05) is 31.2 Å². The minimum absolute atomic E-state index is 0.128. The number of fused-ring (bicyclic) bond motifs is 1. The van der Waals surface area contributed by atoms with Gasteiger partial charge in [-0.3, -0.25) is 14.6 Å². The molecule has 0 atom stereocenters. The number of carbonyl (C=O) groups excluding carboxylic acids is 2. The summed E-state index contributed by atoms with van der Waals surface area (Å²) in [7, 11) is 0. The predicted molar refractivity (Wildman–Crippen MR) is 84.6 cm³/mol. The van der Waals surface area contributed by atoms with Crippen LogP contribution in [0.25, 0.3) is 10.9 Å². The minimum Gasteiger partial charge on any atom is -0.352 e. The summed E-state index contributed by atoms with van der Waals surface area (Å²) in [5.41, 5.74) is 1.24. The Labute approximate surface area is 129 Å². The smallest absolute Gasteiger partial charge is 0.257 e. The lowest BCUT2D eigenvalue weighted by atomic mass is 9.97. The number of para-hydroxylation sites is 1. The maximum Gasteiger partial charge on any atom is 0.257 e. The van der Waals surface area contributed by atoms with E-state index < -0.39 is 5.54 Å². The summed E-state index contributed by atoms with van der Waals surface area (Å²) in [6.07, 6.45) is 0. The molecule has 5 heteroatoms. The molecule has 2 heterocycles. The number of benzene rings is 1. The van der Waals surface area contributed by atoms with Gasteiger partial charge >= 0.3 is 0 Å². The molecule has 0 bridgehead atoms. The quantitative estimate of drug-likeness (QED) is 0.874. The molecular formula is C17H19N3O2. The number of nitrogens with one attached hydrogen (secondary N) is 1. The molecule has 22 heavy (non-hydrogen) atoms. The number of hydrogen-bond donors (Lipinski definition) is 1. The number of nitrogens with zero attached hydrogens (tertiary/aromatic N) is 2. The van der Waals surface area contributed by atoms with Crippen LogP contribution >= 0.6 is 0 Å². The summed E-state index contributed by atoms with van der Waals surface area (Å²) >= 11 is 0. The van der Waals surface area contributed by atoms with Crippen LogP contribution in [-0.2, 0) is 4.79 Å². The van der Waals surface area contributed by atoms with Crippen LogP contribution in [0.1, 0.15) is 29.9 Å². The van der Waals surface area contributed by atoms with Gasteiger partial charge in [-0.1, -0.05) is 18.2 Å². The molecule has 0 aliphatic carbocycles. The van der Waals surface area contributed by atoms with Crippen molar-refractivity contribution in [2.24, 2.45) is 0 Å². The van der Waals surface area contributed by atoms with Crippen molar-refractivity contribution in [3.05, 3.63) is 41.6 Å². The Kier molecular flexibility index (Phi) is 3.35. The van der Waals surface area contributed by atoms with E-state index in [1.165, 1.54) is 0 Å². The van der Waals surface area contributed by atoms with Gasteiger partial charge in [-0.25, -0.2) is 0 Å². The van der Waals surface area contributed by atoms with Crippen molar-refractivity contribution in [3.63, 3.8) is 0 Å². The van der Waals surface area contributed by atoms with Gasteiger partial charge in [0.15, 0.2) is 0 Å². The molecule has 2 amide bonds. The summed E-state index contributed by atoms with van der Waals surface area (Å²) in [6.45, 7) is 6.41. The van der Waals surface area contributed by atoms with E-state index in [1.54, 1.807) is 24.8 Å². The number of amides is 2. The summed E-state index contributed by atoms with van der Waals surface area (Å²) in [6, 6.07) is 9.45. The highest BCUT2D eigenvalue weighted by molar-refractivity contribution is 6.07. The topological polar surface area (TPSA) is 62.3 Å². The van der Waals surface area contributed by atoms with Crippen LogP contribution in [-0.4, -0.2) is 40.3 Å². The van der Waals surface area contributed by atoms with Crippen LogP contribution in [0.15, 0.2) is 30.3 Å². The normalized spacial score (nSPS) is 17.4. The van der Waals surface area contributed by atoms with Crippen molar-refractivity contribution in [1.82, 2.24) is 15.2 Å². The van der Waals surface area contributed by atoms with Crippen LogP contribution < -0.4 is 5.32 Å². The van der Waals surface area contributed by atoms with Gasteiger partial charge < -0.3 is 10.2 Å². The lowest BCUT2D eigenvalue weighted by molar-refractivity contribution is -0.133. The highest BCUT2D eigenvalue weighted by atomic mass is 16.2. The van der Waals surface area contributed by atoms with Gasteiger partial charge in [-0.15, -0.1) is 0 Å². The monoisotopic (exact) mass is 297 g/mol. The van der Waals surface area contributed by atoms with E-state index in [2.05, 4.69) is 10.3 Å². The Morgan fingerprint density at radius 3 is 2.82 bits per heavy atom. The molecule has 1 saturated heterocycles. The van der Waals surface area contributed by atoms with Crippen molar-refractivity contribution in [2.75, 3.05) is 13.1 Å². The average Bonchev–Trinajstić information content (AvgIpc) is 2.48. The molecule has 1 aliphatic rings. The van der Waals surface area contributed by atoms with E-state index >= 15 is 0 Å². The maximum atomic E-state index is 13.0. The van der Waals surface area contributed by atoms with Crippen molar-refractivity contribution in [2.45, 2.75) is 26.3 Å². The summed E-state index contributed by atoms with van der Waals surface area (Å²) < 4.78 is 0. The molecule has 1 aromatic heterocycles. The first-order chi connectivity index (χ1) is 10.4. The summed E-state index contributed by atoms with van der Waals surface area (Å²) in [5.74, 6) is -0.278. The molecule has 1 aromatic carbocycles. The van der Waals surface area contributed by atoms with Crippen molar-refractivity contribution in [3.8, 4) is 0 Å². The van der Waals surface area contributed by atoms with E-state index in [9.17, 15) is 9.59 Å². The zero-order valence-corrected chi connectivity index (χ0v) is 13.0. The number of carbonyl (C=O) groups is 2. The molecule has 114 valence electrons. The second kappa shape index (κ2) is 5.09. The second-order valence-corrected chi connectivity index (χ2v) is 6.10. The highest BCUT2D eigenvalue weighted by Gasteiger charge is 2.41. The van der Waals surface area contributed by atoms with Gasteiger partial charge in [0, 0.05) is 24.2 Å². The standard InChI is InChI=1S/C17H19N3O2/c1-11-7-8-12-5-4-6-13(14(12)19-11)15(21)20-10-9-18-16(22)17(20,2)3/h4-8H,9-10H2,1-3H3,(H,18,22). The van der Waals surface area contributed by atoms with Crippen molar-refractivity contribution < 1.29 is 9.59 Å². The average molecular weight is 297 g/mol. The highest BCUT2D eigenvalue weighted by Crippen LogP contribution is 2.24. The fraction of sp³-hybridized carbons (Fsp3) is 0.353. The third-order valence-electron chi connectivity index (χ3n) is 4.19. The largest absolute Gasteiger partial charge is 0.352 e. The lowest BCUT2D eigenvalue weighted by Gasteiger charge is -2.41. The third-order valence-corrected chi connectivity index (χ3v) is 4.19. The number of aryl methyl sites for hydroxylation is 1. The predicted octanol–water partition coefficient (Wildman–Crippen LogP) is 1.89. The minimum atomic E-state index is -0.860. The van der Waals surface area contributed by atoms with Gasteiger partial charge in [0.1, 0.15) is 5.54 Å². The zero-order chi connectivity index (χ0) is 15.9. The summed E-state index contributed by atoms with van der Waals surface area (Å²) in [4.78, 5) is 31.2. The Morgan fingerprint density at radius 1 is 1.27 bits per heavy atom. The van der Waals surface area contributed by atoms with Gasteiger partial charge in [-0.2, -0.15) is 0 Å². The first-order valence-corrected chi connectivity index (χ1v) is 7.38. The van der Waals surface area contributed by atoms with Crippen LogP contribution in [0.3, 0.4) is 0 Å². The van der Waals surface area contributed by atoms with Crippen LogP contribution in [0.2, 0.25) is 0 Å². The molecule has 1 aliphatic heterocycles. The van der Waals surface area contributed by atoms with Gasteiger partial charge in [-0.05, 0) is 32.9 Å². The van der Waals surface area contributed by atoms with Crippen molar-refractivity contribution in [1.29, 1.82) is 0 Å². The fourth-order valence-corrected chi connectivity index (χ4v) is 2.82. The van der Waals surface area contributed by atoms with E-state index in [-0.39, 0.29) is 11.8 Å². The van der Waals surface area contributed by atoms with Gasteiger partial charge in [0.05, 0.1) is 11.1 Å². The molecule has 1 N–H and O–H groups in total. The molecule has 1 fully saturated rings. The van der Waals surface area contributed by atoms with Crippen LogP contribution in [0, 0.1) is 6.92 Å². The number of aromatic nitrogens is 1. The van der Waals surface area contributed by atoms with E-state index in [4.69, 9.17) is 0 Å². The Morgan fingerprint density at radius 2 is 2.05 bits per heavy atom. The fourth-order valence-electron chi connectivity index (χ4n) is 2.82. The van der Waals surface area contributed by atoms with E-state index in [0.717, 1.165) is 11.1 Å². The van der Waals surface area contributed by atoms with E-state index in [0.29, 0.717) is 24.2 Å². The Balaban J connectivity index is 2.09. The lowest BCUT2D eigenvalue weighted by Crippen LogP contribution is -2.63. The molecule has 5 nitrogen and oxygen atoms in total. The SMILES string of the molecule is Cc1ccc2cccc(C(=O)N3CCNC(=O)C3(C)C)c2n1. The second-order valence-electron chi connectivity index (χ2n) is 6.10. The first kappa shape index (κ1) is 14.5. The van der Waals surface area contributed by atoms with Gasteiger partial charge in [0.2, 0.25) is 5.91 Å². The van der Waals surface area contributed by atoms with Crippen LogP contribution in [0.4, 0.5) is 0 Å². The molecule has 0 saturated carbocycles. The molecular weight excluding hydrogens is 278 g/mol. The zero-order valence-electron chi connectivity index (χ0n) is 13.0. The summed E-state index contributed by atoms with van der Waals surface area (Å²) in [5, 5.41) is 3.73. The molecule has 2 aromatic rings. The number of hydrogen-bond acceptors (Lipinski definition) is 3. The molecule has 3 rings (SSSR count). The van der Waals surface area contributed by atoms with Crippen LogP contribution in [0.5, 0.6) is 0 Å². The number of piperazine rings is 1. The third kappa shape index (κ3) is 2.22. The maximum absolute atomic E-state index is 13.0. The number of pyridine rings is 1. The molecule has 0 radical (unpaired) electrons.